The zero-order valence-electron chi connectivity index (χ0n) is 18.8. The van der Waals surface area contributed by atoms with E-state index in [1.54, 1.807) is 12.2 Å². The van der Waals surface area contributed by atoms with Crippen LogP contribution in [-0.4, -0.2) is 33.0 Å². The molecule has 0 aromatic carbocycles. The van der Waals surface area contributed by atoms with Crippen LogP contribution in [0.4, 0.5) is 0 Å². The van der Waals surface area contributed by atoms with Crippen LogP contribution in [0.2, 0.25) is 36.3 Å². The molecule has 0 aromatic heterocycles. The molecule has 28 heavy (non-hydrogen) atoms. The van der Waals surface area contributed by atoms with Crippen LogP contribution in [0.15, 0.2) is 43.2 Å². The van der Waals surface area contributed by atoms with Crippen molar-refractivity contribution >= 4 is 35.8 Å². The topological polar surface area (TPSA) is 68.3 Å². The fraction of sp³-hybridized carbons (Fsp3) is 0.600. The van der Waals surface area contributed by atoms with Crippen molar-refractivity contribution in [3.63, 3.8) is 0 Å². The molecular weight excluding hydrogens is 425 g/mol. The van der Waals surface area contributed by atoms with Crippen molar-refractivity contribution in [2.45, 2.75) is 77.8 Å². The monoisotopic (exact) mass is 458 g/mol. The zero-order valence-corrected chi connectivity index (χ0v) is 22.4. The van der Waals surface area contributed by atoms with Crippen LogP contribution in [0.5, 0.6) is 0 Å². The van der Waals surface area contributed by atoms with Crippen molar-refractivity contribution in [3.8, 4) is 0 Å². The molecule has 4 nitrogen and oxygen atoms in total. The van der Waals surface area contributed by atoms with Gasteiger partial charge in [-0.05, 0) is 22.2 Å². The van der Waals surface area contributed by atoms with Gasteiger partial charge in [0.15, 0.2) is 19.7 Å². The van der Waals surface area contributed by atoms with Crippen LogP contribution in [-0.2, 0) is 19.7 Å². The Hall–Kier alpha value is -0.706. The molecule has 0 bridgehead atoms. The molecule has 0 aliphatic carbocycles. The first-order valence-corrected chi connectivity index (χ1v) is 18.5. The number of hydrogen-bond acceptors (Lipinski definition) is 4. The lowest BCUT2D eigenvalue weighted by Gasteiger charge is -2.38. The van der Waals surface area contributed by atoms with Crippen LogP contribution in [0.25, 0.3) is 0 Å². The van der Waals surface area contributed by atoms with E-state index in [1.165, 1.54) is 12.2 Å². The average Bonchev–Trinajstić information content (AvgIpc) is 2.91. The summed E-state index contributed by atoms with van der Waals surface area (Å²) in [5.41, 5.74) is 0. The van der Waals surface area contributed by atoms with Gasteiger partial charge in [0.05, 0.1) is 9.81 Å². The molecule has 2 aliphatic rings. The Balaban J connectivity index is 2.50. The third-order valence-corrected chi connectivity index (χ3v) is 25.6. The summed E-state index contributed by atoms with van der Waals surface area (Å²) >= 11 is 0. The molecule has 0 saturated heterocycles. The normalized spacial score (nSPS) is 22.5. The van der Waals surface area contributed by atoms with Crippen LogP contribution in [0.3, 0.4) is 0 Å². The smallest absolute Gasteiger partial charge is 0.200 e. The molecule has 0 amide bonds. The summed E-state index contributed by atoms with van der Waals surface area (Å²) in [5, 5.41) is -0.328. The number of sulfone groups is 2. The van der Waals surface area contributed by atoms with Gasteiger partial charge in [-0.1, -0.05) is 79.9 Å². The minimum Gasteiger partial charge on any atom is -0.219 e. The SMILES string of the molecule is CC(C)(C)[Si](C)(C)C1=CC=C(C2=CC=C([Si](C)(C)C(C)(C)C)S2(=O)=O)S1(=O)=O. The maximum atomic E-state index is 13.4. The van der Waals surface area contributed by atoms with Gasteiger partial charge in [0.1, 0.15) is 16.1 Å². The summed E-state index contributed by atoms with van der Waals surface area (Å²) < 4.78 is 54.4. The molecule has 0 radical (unpaired) electrons. The van der Waals surface area contributed by atoms with Gasteiger partial charge in [-0.2, -0.15) is 0 Å². The molecule has 0 fully saturated rings. The Morgan fingerprint density at radius 1 is 0.571 bits per heavy atom. The van der Waals surface area contributed by atoms with Crippen molar-refractivity contribution in [2.24, 2.45) is 0 Å². The molecule has 0 N–H and O–H groups in total. The first kappa shape index (κ1) is 23.6. The van der Waals surface area contributed by atoms with Gasteiger partial charge >= 0.3 is 0 Å². The molecule has 158 valence electrons. The fourth-order valence-electron chi connectivity index (χ4n) is 3.15. The summed E-state index contributed by atoms with van der Waals surface area (Å²) in [6.45, 7) is 20.4. The van der Waals surface area contributed by atoms with Gasteiger partial charge in [0, 0.05) is 9.06 Å². The Morgan fingerprint density at radius 2 is 0.821 bits per heavy atom. The number of rotatable bonds is 3. The highest BCUT2D eigenvalue weighted by atomic mass is 32.2. The molecule has 2 heterocycles. The Bertz CT molecular complexity index is 952. The minimum atomic E-state index is -3.81. The molecule has 0 atom stereocenters. The molecule has 0 spiro atoms. The van der Waals surface area contributed by atoms with Gasteiger partial charge in [0.2, 0.25) is 0 Å². The summed E-state index contributed by atoms with van der Waals surface area (Å²) in [6.07, 6.45) is 6.28. The Labute approximate surface area is 173 Å². The van der Waals surface area contributed by atoms with Gasteiger partial charge in [-0.25, -0.2) is 16.8 Å². The van der Waals surface area contributed by atoms with E-state index in [9.17, 15) is 16.8 Å². The van der Waals surface area contributed by atoms with Crippen LogP contribution >= 0.6 is 0 Å². The van der Waals surface area contributed by atoms with Crippen molar-refractivity contribution < 1.29 is 16.8 Å². The van der Waals surface area contributed by atoms with E-state index < -0.39 is 35.8 Å². The Morgan fingerprint density at radius 3 is 1.04 bits per heavy atom. The van der Waals surface area contributed by atoms with Gasteiger partial charge in [-0.15, -0.1) is 0 Å². The highest BCUT2D eigenvalue weighted by Crippen LogP contribution is 2.50. The predicted octanol–water partition coefficient (Wildman–Crippen LogP) is 5.47. The highest BCUT2D eigenvalue weighted by molar-refractivity contribution is 8.06. The first-order chi connectivity index (χ1) is 12.2. The number of allylic oxidation sites excluding steroid dienone is 4. The van der Waals surface area contributed by atoms with Gasteiger partial charge in [0.25, 0.3) is 0 Å². The standard InChI is InChI=1S/C20H34O4S2Si2/c1-19(2,3)27(7,8)17-13-11-15(25(17,21)22)16-12-14-18(26(16,23)24)28(9,10)20(4,5)6/h11-14H,1-10H3. The molecule has 0 saturated carbocycles. The van der Waals surface area contributed by atoms with E-state index in [4.69, 9.17) is 0 Å². The molecule has 0 aromatic rings. The zero-order chi connectivity index (χ0) is 22.1. The molecule has 0 unspecified atom stereocenters. The quantitative estimate of drug-likeness (QED) is 0.526. The van der Waals surface area contributed by atoms with Crippen LogP contribution in [0, 0.1) is 0 Å². The lowest BCUT2D eigenvalue weighted by molar-refractivity contribution is 0.604. The van der Waals surface area contributed by atoms with E-state index in [1.807, 2.05) is 26.2 Å². The van der Waals surface area contributed by atoms with Crippen molar-refractivity contribution in [1.29, 1.82) is 0 Å². The van der Waals surface area contributed by atoms with Crippen LogP contribution in [0.1, 0.15) is 41.5 Å². The summed E-state index contributed by atoms with van der Waals surface area (Å²) in [6, 6.07) is 0. The molecular formula is C20H34O4S2Si2. The lowest BCUT2D eigenvalue weighted by Crippen LogP contribution is -2.43. The van der Waals surface area contributed by atoms with Crippen molar-refractivity contribution in [1.82, 2.24) is 0 Å². The van der Waals surface area contributed by atoms with Gasteiger partial charge < -0.3 is 0 Å². The lowest BCUT2D eigenvalue weighted by atomic mass is 10.2. The van der Waals surface area contributed by atoms with Crippen LogP contribution < -0.4 is 0 Å². The molecule has 2 aliphatic heterocycles. The first-order valence-electron chi connectivity index (χ1n) is 9.55. The number of hydrogen-bond donors (Lipinski definition) is 0. The molecule has 2 rings (SSSR count). The summed E-state index contributed by atoms with van der Waals surface area (Å²) in [7, 11) is -12.3. The summed E-state index contributed by atoms with van der Waals surface area (Å²) in [4.78, 5) is -0.116. The largest absolute Gasteiger partial charge is 0.219 e. The minimum absolute atomic E-state index is 0.0581. The predicted molar refractivity (Wildman–Crippen MR) is 125 cm³/mol. The third kappa shape index (κ3) is 3.30. The van der Waals surface area contributed by atoms with E-state index in [0.717, 1.165) is 0 Å². The Kier molecular flexibility index (Phi) is 5.38. The van der Waals surface area contributed by atoms with E-state index in [-0.39, 0.29) is 19.9 Å². The highest BCUT2D eigenvalue weighted by Gasteiger charge is 2.51. The van der Waals surface area contributed by atoms with Crippen molar-refractivity contribution in [2.75, 3.05) is 0 Å². The second kappa shape index (κ2) is 6.39. The maximum Gasteiger partial charge on any atom is 0.200 e. The average molecular weight is 459 g/mol. The van der Waals surface area contributed by atoms with Crippen molar-refractivity contribution in [3.05, 3.63) is 43.2 Å². The van der Waals surface area contributed by atoms with E-state index >= 15 is 0 Å². The summed E-state index contributed by atoms with van der Waals surface area (Å²) in [5.74, 6) is 0. The third-order valence-electron chi connectivity index (χ3n) is 7.16. The van der Waals surface area contributed by atoms with E-state index in [2.05, 4.69) is 41.5 Å². The fourth-order valence-corrected chi connectivity index (χ4v) is 16.3. The second-order valence-electron chi connectivity index (χ2n) is 10.9. The molecule has 8 heteroatoms. The maximum absolute atomic E-state index is 13.4. The van der Waals surface area contributed by atoms with Gasteiger partial charge in [-0.3, -0.25) is 0 Å². The second-order valence-corrected chi connectivity index (χ2v) is 26.0. The van der Waals surface area contributed by atoms with E-state index in [0.29, 0.717) is 9.06 Å².